The maximum atomic E-state index is 13.2. The molecule has 0 aromatic carbocycles. The maximum absolute atomic E-state index is 13.2. The summed E-state index contributed by atoms with van der Waals surface area (Å²) < 4.78 is 2.70. The summed E-state index contributed by atoms with van der Waals surface area (Å²) in [6.45, 7) is 8.41. The minimum Gasteiger partial charge on any atom is -0.492 e. The Morgan fingerprint density at radius 3 is 2.56 bits per heavy atom. The van der Waals surface area contributed by atoms with E-state index in [1.54, 1.807) is 18.5 Å². The van der Waals surface area contributed by atoms with Crippen LogP contribution in [0, 0.1) is 5.41 Å². The molecule has 3 aromatic heterocycles. The van der Waals surface area contributed by atoms with Crippen molar-refractivity contribution in [1.29, 1.82) is 0 Å². The van der Waals surface area contributed by atoms with Crippen molar-refractivity contribution >= 4 is 23.2 Å². The normalized spacial score (nSPS) is 14.0. The number of aromatic nitrogens is 5. The Hall–Kier alpha value is -3.43. The largest absolute Gasteiger partial charge is 0.492 e. The summed E-state index contributed by atoms with van der Waals surface area (Å²) in [4.78, 5) is 34.7. The summed E-state index contributed by atoms with van der Waals surface area (Å²) in [5, 5.41) is 21.0. The first-order valence-electron chi connectivity index (χ1n) is 10.9. The number of anilines is 2. The van der Waals surface area contributed by atoms with Crippen molar-refractivity contribution in [3.05, 3.63) is 40.1 Å². The summed E-state index contributed by atoms with van der Waals surface area (Å²) in [5.41, 5.74) is 0.189. The van der Waals surface area contributed by atoms with E-state index in [4.69, 9.17) is 0 Å². The second kappa shape index (κ2) is 8.25. The third-order valence-electron chi connectivity index (χ3n) is 5.09. The average Bonchev–Trinajstić information content (AvgIpc) is 3.42. The molecule has 3 heterocycles. The Balaban J connectivity index is 1.77. The highest BCUT2D eigenvalue weighted by molar-refractivity contribution is 5.96. The van der Waals surface area contributed by atoms with Crippen LogP contribution in [-0.2, 0) is 13.0 Å². The van der Waals surface area contributed by atoms with Gasteiger partial charge in [0.15, 0.2) is 11.4 Å². The molecule has 0 radical (unpaired) electrons. The van der Waals surface area contributed by atoms with Gasteiger partial charge in [0, 0.05) is 18.7 Å². The molecule has 0 saturated heterocycles. The summed E-state index contributed by atoms with van der Waals surface area (Å²) in [7, 11) is 0. The molecular formula is C22H29N7O3. The molecule has 170 valence electrons. The molecule has 1 fully saturated rings. The fourth-order valence-corrected chi connectivity index (χ4v) is 3.47. The van der Waals surface area contributed by atoms with E-state index < -0.39 is 17.3 Å². The highest BCUT2D eigenvalue weighted by Crippen LogP contribution is 2.25. The number of carbonyl (C=O) groups excluding carboxylic acids is 1. The molecule has 1 aliphatic carbocycles. The van der Waals surface area contributed by atoms with Gasteiger partial charge in [0.2, 0.25) is 5.88 Å². The molecule has 0 aliphatic heterocycles. The van der Waals surface area contributed by atoms with Crippen LogP contribution in [0.3, 0.4) is 0 Å². The first-order chi connectivity index (χ1) is 15.2. The molecule has 3 N–H and O–H groups in total. The Labute approximate surface area is 185 Å². The van der Waals surface area contributed by atoms with Gasteiger partial charge in [0.05, 0.1) is 18.1 Å². The van der Waals surface area contributed by atoms with E-state index in [0.717, 1.165) is 31.4 Å². The lowest BCUT2D eigenvalue weighted by Gasteiger charge is -2.21. The second-order valence-corrected chi connectivity index (χ2v) is 9.47. The summed E-state index contributed by atoms with van der Waals surface area (Å²) in [6.07, 6.45) is 6.90. The van der Waals surface area contributed by atoms with Gasteiger partial charge in [-0.25, -0.2) is 4.98 Å². The number of fused-ring (bicyclic) bond motifs is 1. The van der Waals surface area contributed by atoms with Crippen LogP contribution < -0.4 is 16.2 Å². The lowest BCUT2D eigenvalue weighted by atomic mass is 9.97. The molecule has 1 saturated carbocycles. The number of amides is 1. The van der Waals surface area contributed by atoms with Crippen LogP contribution in [0.2, 0.25) is 0 Å². The van der Waals surface area contributed by atoms with Crippen molar-refractivity contribution in [2.75, 3.05) is 5.32 Å². The fraction of sp³-hybridized carbons (Fsp3) is 0.500. The Bertz CT molecular complexity index is 1200. The molecule has 0 atom stereocenters. The van der Waals surface area contributed by atoms with Crippen LogP contribution in [0.25, 0.3) is 5.65 Å². The van der Waals surface area contributed by atoms with Gasteiger partial charge in [-0.05, 0) is 24.7 Å². The zero-order valence-electron chi connectivity index (χ0n) is 18.8. The lowest BCUT2D eigenvalue weighted by Crippen LogP contribution is -2.37. The lowest BCUT2D eigenvalue weighted by molar-refractivity contribution is 0.0944. The molecule has 3 aromatic rings. The highest BCUT2D eigenvalue weighted by Gasteiger charge is 2.30. The second-order valence-electron chi connectivity index (χ2n) is 9.47. The molecule has 10 heteroatoms. The molecule has 1 aliphatic rings. The quantitative estimate of drug-likeness (QED) is 0.516. The average molecular weight is 440 g/mol. The summed E-state index contributed by atoms with van der Waals surface area (Å²) in [5.74, 6) is -0.198. The van der Waals surface area contributed by atoms with Gasteiger partial charge in [-0.2, -0.15) is 4.52 Å². The number of carbonyl (C=O) groups is 1. The van der Waals surface area contributed by atoms with Crippen LogP contribution in [0.15, 0.2) is 23.3 Å². The summed E-state index contributed by atoms with van der Waals surface area (Å²) in [6, 6.07) is 1.70. The highest BCUT2D eigenvalue weighted by atomic mass is 16.3. The smallest absolute Gasteiger partial charge is 0.270 e. The van der Waals surface area contributed by atoms with Crippen LogP contribution in [0.4, 0.5) is 11.6 Å². The van der Waals surface area contributed by atoms with E-state index in [-0.39, 0.29) is 17.0 Å². The van der Waals surface area contributed by atoms with Crippen molar-refractivity contribution < 1.29 is 9.90 Å². The minimum atomic E-state index is -0.582. The Morgan fingerprint density at radius 2 is 1.97 bits per heavy atom. The van der Waals surface area contributed by atoms with Crippen LogP contribution in [0.1, 0.15) is 63.0 Å². The molecule has 1 amide bonds. The third kappa shape index (κ3) is 4.58. The first-order valence-corrected chi connectivity index (χ1v) is 10.9. The van der Waals surface area contributed by atoms with E-state index in [1.807, 2.05) is 20.8 Å². The molecule has 4 rings (SSSR count). The number of nitrogens with one attached hydrogen (secondary N) is 2. The number of aromatic hydroxyl groups is 1. The van der Waals surface area contributed by atoms with Gasteiger partial charge in [-0.15, -0.1) is 5.10 Å². The van der Waals surface area contributed by atoms with Crippen molar-refractivity contribution in [2.45, 2.75) is 66.0 Å². The van der Waals surface area contributed by atoms with Crippen molar-refractivity contribution in [3.8, 4) is 5.88 Å². The molecule has 0 bridgehead atoms. The van der Waals surface area contributed by atoms with E-state index in [2.05, 4.69) is 32.6 Å². The number of hydrogen-bond donors (Lipinski definition) is 3. The van der Waals surface area contributed by atoms with E-state index in [1.165, 1.54) is 9.08 Å². The van der Waals surface area contributed by atoms with Gasteiger partial charge in [0.1, 0.15) is 11.5 Å². The van der Waals surface area contributed by atoms with Gasteiger partial charge < -0.3 is 15.7 Å². The predicted molar refractivity (Wildman–Crippen MR) is 120 cm³/mol. The third-order valence-corrected chi connectivity index (χ3v) is 5.09. The number of rotatable bonds is 7. The standard InChI is InChI=1S/C22H29N7O3/c1-5-6-14-10-24-16(11-23-14)26-15-9-17-28(12-22(2,3)4)20(31)18(21(32)29(17)27-15)19(30)25-13-7-8-13/h9-11,13,32H,5-8,12H2,1-4H3,(H,25,30)(H,24,26,27). The van der Waals surface area contributed by atoms with Crippen LogP contribution >= 0.6 is 0 Å². The Kier molecular flexibility index (Phi) is 5.62. The van der Waals surface area contributed by atoms with E-state index >= 15 is 0 Å². The van der Waals surface area contributed by atoms with E-state index in [9.17, 15) is 14.7 Å². The fourth-order valence-electron chi connectivity index (χ4n) is 3.47. The van der Waals surface area contributed by atoms with Crippen LogP contribution in [0.5, 0.6) is 5.88 Å². The number of hydrogen-bond acceptors (Lipinski definition) is 7. The van der Waals surface area contributed by atoms with Crippen molar-refractivity contribution in [2.24, 2.45) is 5.41 Å². The molecule has 0 spiro atoms. The molecular weight excluding hydrogens is 410 g/mol. The van der Waals surface area contributed by atoms with Gasteiger partial charge in [0.25, 0.3) is 11.5 Å². The van der Waals surface area contributed by atoms with E-state index in [0.29, 0.717) is 23.8 Å². The van der Waals surface area contributed by atoms with Crippen LogP contribution in [-0.4, -0.2) is 41.2 Å². The number of nitrogens with zero attached hydrogens (tertiary/aromatic N) is 5. The number of aryl methyl sites for hydroxylation is 1. The van der Waals surface area contributed by atoms with Gasteiger partial charge >= 0.3 is 0 Å². The monoisotopic (exact) mass is 439 g/mol. The topological polar surface area (TPSA) is 126 Å². The maximum Gasteiger partial charge on any atom is 0.270 e. The SMILES string of the molecule is CCCc1cnc(Nc2cc3n(CC(C)(C)C)c(=O)c(C(=O)NC4CC4)c(O)n3n2)cn1. The molecule has 32 heavy (non-hydrogen) atoms. The predicted octanol–water partition coefficient (Wildman–Crippen LogP) is 2.63. The molecule has 10 nitrogen and oxygen atoms in total. The Morgan fingerprint density at radius 1 is 1.22 bits per heavy atom. The van der Waals surface area contributed by atoms with Crippen molar-refractivity contribution in [3.63, 3.8) is 0 Å². The van der Waals surface area contributed by atoms with Gasteiger partial charge in [-0.3, -0.25) is 19.1 Å². The first kappa shape index (κ1) is 21.8. The zero-order valence-corrected chi connectivity index (χ0v) is 18.8. The summed E-state index contributed by atoms with van der Waals surface area (Å²) >= 11 is 0. The van der Waals surface area contributed by atoms with Gasteiger partial charge in [-0.1, -0.05) is 34.1 Å². The molecule has 0 unspecified atom stereocenters. The minimum absolute atomic E-state index is 0.0529. The van der Waals surface area contributed by atoms with Crippen molar-refractivity contribution in [1.82, 2.24) is 29.5 Å². The zero-order chi connectivity index (χ0) is 23.0.